The number of barbiturate groups is 1. The molecule has 4 amide bonds. The van der Waals surface area contributed by atoms with Crippen LogP contribution in [0.15, 0.2) is 15.2 Å². The van der Waals surface area contributed by atoms with Crippen LogP contribution in [0.2, 0.25) is 0 Å². The average molecular weight is 321 g/mol. The fourth-order valence-corrected chi connectivity index (χ4v) is 2.09. The highest BCUT2D eigenvalue weighted by atomic mass is 16.3. The Balaban J connectivity index is 2.75. The van der Waals surface area contributed by atoms with Gasteiger partial charge < -0.3 is 9.67 Å². The quantitative estimate of drug-likeness (QED) is 0.419. The van der Waals surface area contributed by atoms with Crippen LogP contribution in [-0.4, -0.2) is 50.9 Å². The maximum Gasteiger partial charge on any atom is 0.333 e. The van der Waals surface area contributed by atoms with Crippen LogP contribution < -0.4 is 16.4 Å². The topological polar surface area (TPSA) is 125 Å². The largest absolute Gasteiger partial charge is 0.859 e. The van der Waals surface area contributed by atoms with Gasteiger partial charge in [-0.2, -0.15) is 0 Å². The maximum atomic E-state index is 12.1. The second-order valence-corrected chi connectivity index (χ2v) is 4.99. The molecule has 122 valence electrons. The van der Waals surface area contributed by atoms with Crippen LogP contribution >= 0.6 is 0 Å². The summed E-state index contributed by atoms with van der Waals surface area (Å²) in [6.07, 6.45) is 0.814. The molecule has 2 heterocycles. The maximum absolute atomic E-state index is 12.1. The van der Waals surface area contributed by atoms with E-state index in [4.69, 9.17) is 0 Å². The number of hydrogen-bond acceptors (Lipinski definition) is 6. The Hall–Kier alpha value is -3.17. The van der Waals surface area contributed by atoms with Gasteiger partial charge in [-0.1, -0.05) is 0 Å². The fourth-order valence-electron chi connectivity index (χ4n) is 2.09. The Labute approximate surface area is 129 Å². The summed E-state index contributed by atoms with van der Waals surface area (Å²) in [5.41, 5.74) is -2.79. The molecular weight excluding hydrogens is 308 g/mol. The summed E-state index contributed by atoms with van der Waals surface area (Å²) in [7, 11) is 4.66. The Morgan fingerprint density at radius 2 is 1.30 bits per heavy atom. The molecule has 0 radical (unpaired) electrons. The molecule has 1 saturated heterocycles. The summed E-state index contributed by atoms with van der Waals surface area (Å²) in [4.78, 5) is 60.8. The highest BCUT2D eigenvalue weighted by molar-refractivity contribution is 6.30. The van der Waals surface area contributed by atoms with Crippen molar-refractivity contribution < 1.29 is 19.5 Å². The van der Waals surface area contributed by atoms with E-state index in [1.54, 1.807) is 0 Å². The summed E-state index contributed by atoms with van der Waals surface area (Å²) in [6.45, 7) is 0. The van der Waals surface area contributed by atoms with Gasteiger partial charge in [0.25, 0.3) is 17.4 Å². The molecule has 0 N–H and O–H groups in total. The summed E-state index contributed by atoms with van der Waals surface area (Å²) < 4.78 is 1.37. The first-order valence-electron chi connectivity index (χ1n) is 6.38. The van der Waals surface area contributed by atoms with Gasteiger partial charge in [0.15, 0.2) is 0 Å². The number of carbonyl (C=O) groups excluding carboxylic acids is 3. The van der Waals surface area contributed by atoms with E-state index in [-0.39, 0.29) is 0 Å². The molecule has 10 nitrogen and oxygen atoms in total. The minimum absolute atomic E-state index is 0.512. The van der Waals surface area contributed by atoms with Crippen molar-refractivity contribution in [3.05, 3.63) is 32.0 Å². The van der Waals surface area contributed by atoms with E-state index in [2.05, 4.69) is 0 Å². The molecule has 0 bridgehead atoms. The number of imide groups is 2. The minimum Gasteiger partial charge on any atom is -0.859 e. The molecule has 0 unspecified atom stereocenters. The van der Waals surface area contributed by atoms with Crippen molar-refractivity contribution in [1.82, 2.24) is 18.9 Å². The number of urea groups is 1. The van der Waals surface area contributed by atoms with Gasteiger partial charge in [-0.15, -0.1) is 0 Å². The fraction of sp³-hybridized carbons (Fsp3) is 0.308. The van der Waals surface area contributed by atoms with E-state index < -0.39 is 46.1 Å². The molecule has 0 aromatic carbocycles. The molecule has 0 aliphatic carbocycles. The van der Waals surface area contributed by atoms with Crippen molar-refractivity contribution in [2.75, 3.05) is 14.1 Å². The standard InChI is InChI=1S/C13H14N4O6/c1-14-8(18)6(9(19)15(2)12(14)22)5-7-10(20)16(3)13(23)17(4)11(7)21/h5,18H,1-4H3/p-1. The van der Waals surface area contributed by atoms with Crippen molar-refractivity contribution in [3.63, 3.8) is 0 Å². The average Bonchev–Trinajstić information content (AvgIpc) is 2.54. The van der Waals surface area contributed by atoms with E-state index in [1.807, 2.05) is 0 Å². The lowest BCUT2D eigenvalue weighted by molar-refractivity contribution is -0.280. The van der Waals surface area contributed by atoms with E-state index in [0.717, 1.165) is 6.08 Å². The monoisotopic (exact) mass is 321 g/mol. The molecule has 1 aliphatic heterocycles. The lowest BCUT2D eigenvalue weighted by atomic mass is 10.1. The van der Waals surface area contributed by atoms with Crippen molar-refractivity contribution >= 4 is 23.9 Å². The first-order chi connectivity index (χ1) is 10.6. The molecule has 0 spiro atoms. The predicted molar refractivity (Wildman–Crippen MR) is 75.3 cm³/mol. The Morgan fingerprint density at radius 1 is 0.826 bits per heavy atom. The SMILES string of the molecule is CN1C(=O)C(=Cc2c([O-])n(C)c(=O)n(C)c2=O)C(=O)N(C)C1=O. The normalized spacial score (nSPS) is 15.5. The second kappa shape index (κ2) is 5.23. The van der Waals surface area contributed by atoms with Gasteiger partial charge in [0.05, 0.1) is 0 Å². The zero-order valence-electron chi connectivity index (χ0n) is 12.8. The number of carbonyl (C=O) groups is 3. The van der Waals surface area contributed by atoms with Crippen LogP contribution in [0, 0.1) is 0 Å². The van der Waals surface area contributed by atoms with Gasteiger partial charge >= 0.3 is 11.7 Å². The first kappa shape index (κ1) is 16.2. The number of nitrogens with zero attached hydrogens (tertiary/aromatic N) is 4. The van der Waals surface area contributed by atoms with Crippen LogP contribution in [-0.2, 0) is 23.7 Å². The Kier molecular flexibility index (Phi) is 3.69. The van der Waals surface area contributed by atoms with Crippen molar-refractivity contribution in [1.29, 1.82) is 0 Å². The Bertz CT molecular complexity index is 865. The lowest BCUT2D eigenvalue weighted by Gasteiger charge is -2.29. The summed E-state index contributed by atoms with van der Waals surface area (Å²) in [5, 5.41) is 12.1. The molecule has 1 fully saturated rings. The van der Waals surface area contributed by atoms with Gasteiger partial charge in [-0.25, -0.2) is 9.59 Å². The number of hydrogen-bond donors (Lipinski definition) is 0. The predicted octanol–water partition coefficient (Wildman–Crippen LogP) is -2.41. The van der Waals surface area contributed by atoms with E-state index >= 15 is 0 Å². The van der Waals surface area contributed by atoms with E-state index in [1.165, 1.54) is 28.2 Å². The second-order valence-electron chi connectivity index (χ2n) is 4.99. The molecule has 1 aromatic heterocycles. The zero-order chi connectivity index (χ0) is 17.6. The number of amides is 4. The smallest absolute Gasteiger partial charge is 0.333 e. The highest BCUT2D eigenvalue weighted by Gasteiger charge is 2.38. The van der Waals surface area contributed by atoms with Crippen LogP contribution in [0.25, 0.3) is 6.08 Å². The van der Waals surface area contributed by atoms with Gasteiger partial charge in [0, 0.05) is 33.8 Å². The van der Waals surface area contributed by atoms with Crippen molar-refractivity contribution in [2.24, 2.45) is 14.1 Å². The number of likely N-dealkylation sites (N-methyl/N-ethyl adjacent to an activating group) is 2. The molecule has 2 rings (SSSR count). The summed E-state index contributed by atoms with van der Waals surface area (Å²) in [5.74, 6) is -2.81. The molecule has 10 heteroatoms. The molecule has 0 atom stereocenters. The number of rotatable bonds is 1. The Morgan fingerprint density at radius 3 is 1.78 bits per heavy atom. The van der Waals surface area contributed by atoms with Crippen LogP contribution in [0.4, 0.5) is 4.79 Å². The highest BCUT2D eigenvalue weighted by Crippen LogP contribution is 2.18. The molecular formula is C13H13N4O6-. The van der Waals surface area contributed by atoms with Gasteiger partial charge in [0.2, 0.25) is 0 Å². The van der Waals surface area contributed by atoms with Crippen LogP contribution in [0.5, 0.6) is 5.88 Å². The van der Waals surface area contributed by atoms with Gasteiger partial charge in [0.1, 0.15) is 5.57 Å². The lowest BCUT2D eigenvalue weighted by Crippen LogP contribution is -2.53. The number of aromatic nitrogens is 2. The molecule has 0 saturated carbocycles. The van der Waals surface area contributed by atoms with Crippen molar-refractivity contribution in [3.8, 4) is 5.88 Å². The molecule has 1 aromatic rings. The van der Waals surface area contributed by atoms with Crippen LogP contribution in [0.3, 0.4) is 0 Å². The third-order valence-electron chi connectivity index (χ3n) is 3.58. The van der Waals surface area contributed by atoms with Crippen LogP contribution in [0.1, 0.15) is 5.56 Å². The molecule has 1 aliphatic rings. The van der Waals surface area contributed by atoms with Crippen molar-refractivity contribution in [2.45, 2.75) is 0 Å². The van der Waals surface area contributed by atoms with Gasteiger partial charge in [-0.3, -0.25) is 28.8 Å². The summed E-state index contributed by atoms with van der Waals surface area (Å²) in [6, 6.07) is -0.826. The summed E-state index contributed by atoms with van der Waals surface area (Å²) >= 11 is 0. The molecule has 23 heavy (non-hydrogen) atoms. The zero-order valence-corrected chi connectivity index (χ0v) is 12.8. The third kappa shape index (κ3) is 2.24. The first-order valence-corrected chi connectivity index (χ1v) is 6.38. The third-order valence-corrected chi connectivity index (χ3v) is 3.58. The van der Waals surface area contributed by atoms with E-state index in [0.29, 0.717) is 18.9 Å². The van der Waals surface area contributed by atoms with Gasteiger partial charge in [-0.05, 0) is 12.0 Å². The van der Waals surface area contributed by atoms with E-state index in [9.17, 15) is 29.1 Å². The minimum atomic E-state index is -0.937.